The highest BCUT2D eigenvalue weighted by molar-refractivity contribution is 6.30. The van der Waals surface area contributed by atoms with Crippen molar-refractivity contribution < 1.29 is 18.8 Å². The first-order valence-electron chi connectivity index (χ1n) is 8.01. The molecule has 1 aromatic heterocycles. The average molecular weight is 373 g/mol. The number of aryl methyl sites for hydroxylation is 1. The van der Waals surface area contributed by atoms with Crippen LogP contribution in [0, 0.1) is 0 Å². The average Bonchev–Trinajstić information content (AvgIpc) is 3.14. The van der Waals surface area contributed by atoms with Crippen molar-refractivity contribution in [3.05, 3.63) is 65.0 Å². The Balaban J connectivity index is 1.48. The zero-order valence-electron chi connectivity index (χ0n) is 14.1. The monoisotopic (exact) mass is 372 g/mol. The number of carbonyl (C=O) groups excluding carboxylic acids is 1. The second-order valence-electron chi connectivity index (χ2n) is 5.53. The summed E-state index contributed by atoms with van der Waals surface area (Å²) in [5, 5.41) is 4.45. The number of benzene rings is 2. The van der Waals surface area contributed by atoms with Crippen LogP contribution in [-0.2, 0) is 22.6 Å². The number of methoxy groups -OCH3 is 1. The van der Waals surface area contributed by atoms with Crippen molar-refractivity contribution in [1.29, 1.82) is 0 Å². The van der Waals surface area contributed by atoms with Gasteiger partial charge >= 0.3 is 5.97 Å². The first-order valence-corrected chi connectivity index (χ1v) is 8.39. The molecule has 0 aliphatic heterocycles. The summed E-state index contributed by atoms with van der Waals surface area (Å²) >= 11 is 5.94. The largest absolute Gasteiger partial charge is 0.497 e. The molecule has 3 rings (SSSR count). The van der Waals surface area contributed by atoms with Gasteiger partial charge < -0.3 is 14.0 Å². The number of ether oxygens (including phenoxy) is 2. The molecule has 0 unspecified atom stereocenters. The number of rotatable bonds is 7. The van der Waals surface area contributed by atoms with Crippen molar-refractivity contribution in [3.8, 4) is 17.1 Å². The summed E-state index contributed by atoms with van der Waals surface area (Å²) in [7, 11) is 1.61. The molecule has 0 amide bonds. The van der Waals surface area contributed by atoms with Gasteiger partial charge in [0, 0.05) is 17.0 Å². The lowest BCUT2D eigenvalue weighted by Gasteiger charge is -2.04. The number of esters is 1. The van der Waals surface area contributed by atoms with E-state index in [-0.39, 0.29) is 24.9 Å². The minimum absolute atomic E-state index is 0.0605. The molecule has 0 radical (unpaired) electrons. The van der Waals surface area contributed by atoms with E-state index in [1.165, 1.54) is 0 Å². The first-order chi connectivity index (χ1) is 12.6. The van der Waals surface area contributed by atoms with Crippen molar-refractivity contribution in [2.45, 2.75) is 19.4 Å². The molecule has 6 nitrogen and oxygen atoms in total. The smallest absolute Gasteiger partial charge is 0.306 e. The van der Waals surface area contributed by atoms with Crippen LogP contribution in [0.3, 0.4) is 0 Å². The summed E-state index contributed by atoms with van der Waals surface area (Å²) in [5.74, 6) is 1.08. The molecular weight excluding hydrogens is 356 g/mol. The van der Waals surface area contributed by atoms with Crippen LogP contribution >= 0.6 is 11.6 Å². The lowest BCUT2D eigenvalue weighted by atomic mass is 10.1. The van der Waals surface area contributed by atoms with E-state index in [9.17, 15) is 4.79 Å². The maximum Gasteiger partial charge on any atom is 0.306 e. The van der Waals surface area contributed by atoms with Crippen molar-refractivity contribution in [1.82, 2.24) is 10.1 Å². The standard InChI is InChI=1S/C19H17ClN2O4/c1-24-16-8-5-13(6-9-16)7-10-18(23)25-12-17-21-19(22-26-17)14-3-2-4-15(20)11-14/h2-6,8-9,11H,7,10,12H2,1H3. The molecule has 0 N–H and O–H groups in total. The van der Waals surface area contributed by atoms with Crippen LogP contribution in [-0.4, -0.2) is 23.2 Å². The van der Waals surface area contributed by atoms with Crippen LogP contribution in [0.1, 0.15) is 17.9 Å². The Hall–Kier alpha value is -2.86. The molecule has 0 aliphatic carbocycles. The minimum atomic E-state index is -0.330. The van der Waals surface area contributed by atoms with E-state index in [1.807, 2.05) is 30.3 Å². The summed E-state index contributed by atoms with van der Waals surface area (Å²) in [6.07, 6.45) is 0.849. The lowest BCUT2D eigenvalue weighted by molar-refractivity contribution is -0.145. The van der Waals surface area contributed by atoms with Crippen molar-refractivity contribution in [3.63, 3.8) is 0 Å². The van der Waals surface area contributed by atoms with Crippen LogP contribution in [0.25, 0.3) is 11.4 Å². The minimum Gasteiger partial charge on any atom is -0.497 e. The van der Waals surface area contributed by atoms with Gasteiger partial charge in [-0.25, -0.2) is 0 Å². The first kappa shape index (κ1) is 17.9. The van der Waals surface area contributed by atoms with Gasteiger partial charge in [-0.1, -0.05) is 41.0 Å². The quantitative estimate of drug-likeness (QED) is 0.582. The Kier molecular flexibility index (Phi) is 5.86. The van der Waals surface area contributed by atoms with Gasteiger partial charge in [0.2, 0.25) is 5.82 Å². The molecule has 2 aromatic carbocycles. The molecule has 1 heterocycles. The van der Waals surface area contributed by atoms with Gasteiger partial charge in [0.15, 0.2) is 6.61 Å². The highest BCUT2D eigenvalue weighted by Gasteiger charge is 2.11. The summed E-state index contributed by atoms with van der Waals surface area (Å²) in [6.45, 7) is -0.0605. The fourth-order valence-electron chi connectivity index (χ4n) is 2.31. The third kappa shape index (κ3) is 4.83. The number of nitrogens with zero attached hydrogens (tertiary/aromatic N) is 2. The third-order valence-corrected chi connectivity index (χ3v) is 3.92. The van der Waals surface area contributed by atoms with Crippen LogP contribution < -0.4 is 4.74 Å². The number of hydrogen-bond acceptors (Lipinski definition) is 6. The topological polar surface area (TPSA) is 74.5 Å². The SMILES string of the molecule is COc1ccc(CCC(=O)OCc2nc(-c3cccc(Cl)c3)no2)cc1. The summed E-state index contributed by atoms with van der Waals surface area (Å²) < 4.78 is 15.4. The van der Waals surface area contributed by atoms with Gasteiger partial charge in [0.05, 0.1) is 7.11 Å². The lowest BCUT2D eigenvalue weighted by Crippen LogP contribution is -2.06. The highest BCUT2D eigenvalue weighted by atomic mass is 35.5. The summed E-state index contributed by atoms with van der Waals surface area (Å²) in [5.41, 5.74) is 1.77. The number of hydrogen-bond donors (Lipinski definition) is 0. The second kappa shape index (κ2) is 8.49. The molecule has 0 saturated heterocycles. The van der Waals surface area contributed by atoms with Gasteiger partial charge in [0.1, 0.15) is 5.75 Å². The number of carbonyl (C=O) groups is 1. The molecule has 134 valence electrons. The van der Waals surface area contributed by atoms with Gasteiger partial charge in [-0.05, 0) is 36.2 Å². The predicted octanol–water partition coefficient (Wildman–Crippen LogP) is 4.07. The molecular formula is C19H17ClN2O4. The van der Waals surface area contributed by atoms with Crippen molar-refractivity contribution in [2.75, 3.05) is 7.11 Å². The van der Waals surface area contributed by atoms with Gasteiger partial charge in [-0.2, -0.15) is 4.98 Å². The van der Waals surface area contributed by atoms with Crippen molar-refractivity contribution >= 4 is 17.6 Å². The van der Waals surface area contributed by atoms with Gasteiger partial charge in [-0.15, -0.1) is 0 Å². The molecule has 0 fully saturated rings. The molecule has 3 aromatic rings. The number of halogens is 1. The van der Waals surface area contributed by atoms with Gasteiger partial charge in [0.25, 0.3) is 5.89 Å². The maximum atomic E-state index is 11.9. The molecule has 26 heavy (non-hydrogen) atoms. The van der Waals surface area contributed by atoms with E-state index < -0.39 is 0 Å². The molecule has 0 spiro atoms. The van der Waals surface area contributed by atoms with E-state index >= 15 is 0 Å². The molecule has 0 atom stereocenters. The Morgan fingerprint density at radius 2 is 2.00 bits per heavy atom. The zero-order chi connectivity index (χ0) is 18.4. The fraction of sp³-hybridized carbons (Fsp3) is 0.211. The predicted molar refractivity (Wildman–Crippen MR) is 95.9 cm³/mol. The normalized spacial score (nSPS) is 10.5. The molecule has 7 heteroatoms. The maximum absolute atomic E-state index is 11.9. The number of aromatic nitrogens is 2. The third-order valence-electron chi connectivity index (χ3n) is 3.68. The van der Waals surface area contributed by atoms with Gasteiger partial charge in [-0.3, -0.25) is 4.79 Å². The van der Waals surface area contributed by atoms with E-state index in [1.54, 1.807) is 25.3 Å². The highest BCUT2D eigenvalue weighted by Crippen LogP contribution is 2.20. The van der Waals surface area contributed by atoms with Crippen LogP contribution in [0.15, 0.2) is 53.1 Å². The summed E-state index contributed by atoms with van der Waals surface area (Å²) in [4.78, 5) is 16.1. The Morgan fingerprint density at radius 3 is 2.73 bits per heavy atom. The molecule has 0 saturated carbocycles. The second-order valence-corrected chi connectivity index (χ2v) is 5.97. The van der Waals surface area contributed by atoms with E-state index in [0.29, 0.717) is 17.3 Å². The Labute approximate surface area is 155 Å². The van der Waals surface area contributed by atoms with Crippen molar-refractivity contribution in [2.24, 2.45) is 0 Å². The Morgan fingerprint density at radius 1 is 1.19 bits per heavy atom. The summed E-state index contributed by atoms with van der Waals surface area (Å²) in [6, 6.07) is 14.7. The molecule has 0 bridgehead atoms. The Bertz CT molecular complexity index is 877. The van der Waals surface area contributed by atoms with Crippen LogP contribution in [0.2, 0.25) is 5.02 Å². The molecule has 0 aliphatic rings. The zero-order valence-corrected chi connectivity index (χ0v) is 14.9. The van der Waals surface area contributed by atoms with Crippen LogP contribution in [0.5, 0.6) is 5.75 Å². The fourth-order valence-corrected chi connectivity index (χ4v) is 2.50. The van der Waals surface area contributed by atoms with E-state index in [4.69, 9.17) is 25.6 Å². The van der Waals surface area contributed by atoms with Crippen LogP contribution in [0.4, 0.5) is 0 Å². The van der Waals surface area contributed by atoms with E-state index in [2.05, 4.69) is 10.1 Å². The van der Waals surface area contributed by atoms with E-state index in [0.717, 1.165) is 16.9 Å².